The van der Waals surface area contributed by atoms with Crippen molar-refractivity contribution >= 4 is 62.8 Å². The molecule has 0 bridgehead atoms. The number of halogens is 1. The molecule has 0 unspecified atom stereocenters. The normalized spacial score (nSPS) is 10.7. The number of carbonyl (C=O) groups excluding carboxylic acids is 2. The highest BCUT2D eigenvalue weighted by Gasteiger charge is 2.13. The monoisotopic (exact) mass is 942 g/mol. The van der Waals surface area contributed by atoms with Crippen LogP contribution in [0.4, 0.5) is 17.1 Å². The third-order valence-electron chi connectivity index (χ3n) is 10.1. The van der Waals surface area contributed by atoms with E-state index in [2.05, 4.69) is 175 Å². The van der Waals surface area contributed by atoms with Gasteiger partial charge in [-0.3, -0.25) is 9.59 Å². The van der Waals surface area contributed by atoms with Crippen LogP contribution in [0.3, 0.4) is 0 Å². The molecule has 13 heteroatoms. The first-order chi connectivity index (χ1) is 29.3. The topological polar surface area (TPSA) is 115 Å². The molecule has 328 valence electrons. The number of anilines is 3. The van der Waals surface area contributed by atoms with Crippen molar-refractivity contribution in [1.29, 1.82) is 0 Å². The number of rotatable bonds is 17. The minimum absolute atomic E-state index is 0.0955. The van der Waals surface area contributed by atoms with E-state index in [1.165, 1.54) is 31.8 Å². The molecule has 0 aliphatic rings. The van der Waals surface area contributed by atoms with Gasteiger partial charge in [-0.2, -0.15) is 0 Å². The summed E-state index contributed by atoms with van der Waals surface area (Å²) in [6.07, 6.45) is 11.7. The van der Waals surface area contributed by atoms with Crippen molar-refractivity contribution in [2.24, 2.45) is 0 Å². The molecule has 3 N–H and O–H groups in total. The summed E-state index contributed by atoms with van der Waals surface area (Å²) in [7, 11) is 8.18. The lowest BCUT2D eigenvalue weighted by Gasteiger charge is -2.26. The molecule has 6 rings (SSSR count). The highest BCUT2D eigenvalue weighted by molar-refractivity contribution is 14.1. The van der Waals surface area contributed by atoms with Crippen LogP contribution in [0.5, 0.6) is 0 Å². The molecule has 2 aromatic carbocycles. The summed E-state index contributed by atoms with van der Waals surface area (Å²) in [5, 5.41) is 8.97. The number of hydrogen-bond acceptors (Lipinski definition) is 8. The largest absolute Gasteiger partial charge is 0.378 e. The summed E-state index contributed by atoms with van der Waals surface area (Å²) in [4.78, 5) is 38.4. The first-order valence-electron chi connectivity index (χ1n) is 21.5. The van der Waals surface area contributed by atoms with Crippen molar-refractivity contribution in [3.05, 3.63) is 100 Å². The molecule has 2 amide bonds. The molecule has 0 saturated carbocycles. The van der Waals surface area contributed by atoms with Gasteiger partial charge in [-0.15, -0.1) is 0 Å². The van der Waals surface area contributed by atoms with E-state index in [1.807, 2.05) is 42.0 Å². The van der Waals surface area contributed by atoms with Crippen LogP contribution in [-0.4, -0.2) is 98.0 Å². The molecular formula is C48H67IN10O2. The van der Waals surface area contributed by atoms with Crippen molar-refractivity contribution in [2.45, 2.75) is 67.2 Å². The Labute approximate surface area is 377 Å². The fourth-order valence-corrected chi connectivity index (χ4v) is 6.94. The molecule has 6 aromatic rings. The Morgan fingerprint density at radius 2 is 1.10 bits per heavy atom. The van der Waals surface area contributed by atoms with Crippen molar-refractivity contribution in [3.63, 3.8) is 0 Å². The first kappa shape index (κ1) is 48.5. The second-order valence-corrected chi connectivity index (χ2v) is 16.6. The summed E-state index contributed by atoms with van der Waals surface area (Å²) in [6, 6.07) is 21.2. The van der Waals surface area contributed by atoms with Gasteiger partial charge in [0.1, 0.15) is 11.3 Å². The van der Waals surface area contributed by atoms with Crippen molar-refractivity contribution < 1.29 is 9.59 Å². The van der Waals surface area contributed by atoms with E-state index < -0.39 is 0 Å². The highest BCUT2D eigenvalue weighted by atomic mass is 127. The molecule has 0 fully saturated rings. The lowest BCUT2D eigenvalue weighted by molar-refractivity contribution is -0.121. The van der Waals surface area contributed by atoms with Gasteiger partial charge in [0.15, 0.2) is 0 Å². The van der Waals surface area contributed by atoms with Gasteiger partial charge < -0.3 is 39.5 Å². The van der Waals surface area contributed by atoms with Crippen LogP contribution in [0.2, 0.25) is 0 Å². The van der Waals surface area contributed by atoms with E-state index in [9.17, 15) is 9.59 Å². The number of aromatic nitrogens is 4. The van der Waals surface area contributed by atoms with Crippen molar-refractivity contribution in [1.82, 2.24) is 34.7 Å². The number of carbonyl (C=O) groups is 2. The number of aryl methyl sites for hydroxylation is 2. The second-order valence-electron chi connectivity index (χ2n) is 15.5. The van der Waals surface area contributed by atoms with Gasteiger partial charge in [-0.25, -0.2) is 9.97 Å². The van der Waals surface area contributed by atoms with Gasteiger partial charge in [0.05, 0.1) is 17.1 Å². The number of hydrogen-bond donors (Lipinski definition) is 3. The standard InChI is InChI=1S/C24H33N5O.C16H16IN3.C8H18N2O/c1-6-13-28(14-12-25-24(30)7-2)22-17-29-16-21(26-23(29)15-18(22)3)19-8-10-20(11-9-19)27(4)5;1-11-8-16-18-15(10-20(16)9-14(11)17)12-4-6-13(7-5-12)19(2)3;1-3-5-9-6-7-10-8(11)4-2/h8-11,15-17H,6-7,12-14H2,1-5H3,(H,25,30);4-10H,1-3H3;9H,3-7H2,1-2H3,(H,10,11). The van der Waals surface area contributed by atoms with E-state index >= 15 is 0 Å². The number of nitrogens with zero attached hydrogens (tertiary/aromatic N) is 7. The Balaban J connectivity index is 0.000000226. The minimum atomic E-state index is 0.0955. The maximum atomic E-state index is 11.6. The summed E-state index contributed by atoms with van der Waals surface area (Å²) in [5.74, 6) is 0.224. The Hall–Kier alpha value is -5.15. The minimum Gasteiger partial charge on any atom is -0.378 e. The van der Waals surface area contributed by atoms with Crippen LogP contribution in [0, 0.1) is 17.4 Å². The van der Waals surface area contributed by atoms with Crippen LogP contribution in [0.25, 0.3) is 33.8 Å². The highest BCUT2D eigenvalue weighted by Crippen LogP contribution is 2.27. The third kappa shape index (κ3) is 14.5. The summed E-state index contributed by atoms with van der Waals surface area (Å²) < 4.78 is 5.44. The van der Waals surface area contributed by atoms with E-state index in [-0.39, 0.29) is 11.8 Å². The number of nitrogens with one attached hydrogen (secondary N) is 3. The fourth-order valence-electron chi connectivity index (χ4n) is 6.49. The molecule has 4 heterocycles. The van der Waals surface area contributed by atoms with Crippen LogP contribution >= 0.6 is 22.6 Å². The molecule has 12 nitrogen and oxygen atoms in total. The molecule has 0 spiro atoms. The lowest BCUT2D eigenvalue weighted by Crippen LogP contribution is -2.35. The number of fused-ring (bicyclic) bond motifs is 2. The van der Waals surface area contributed by atoms with E-state index in [1.54, 1.807) is 0 Å². The van der Waals surface area contributed by atoms with Crippen LogP contribution in [0.1, 0.15) is 64.5 Å². The van der Waals surface area contributed by atoms with Gasteiger partial charge in [0.2, 0.25) is 11.8 Å². The molecule has 0 aliphatic carbocycles. The van der Waals surface area contributed by atoms with Gasteiger partial charge in [-0.05, 0) is 103 Å². The maximum absolute atomic E-state index is 11.6. The van der Waals surface area contributed by atoms with Crippen LogP contribution < -0.4 is 30.7 Å². The number of amides is 2. The zero-order valence-corrected chi connectivity index (χ0v) is 40.1. The Morgan fingerprint density at radius 3 is 1.57 bits per heavy atom. The molecule has 61 heavy (non-hydrogen) atoms. The number of pyridine rings is 2. The van der Waals surface area contributed by atoms with E-state index in [4.69, 9.17) is 9.97 Å². The van der Waals surface area contributed by atoms with Gasteiger partial charge >= 0.3 is 0 Å². The SMILES string of the molecule is CCCN(CCNC(=O)CC)c1cn2cc(-c3ccc(N(C)C)cc3)nc2cc1C.CCCNCCNC(=O)CC.Cc1cc2nc(-c3ccc(N(C)C)cc3)cn2cc1I. The summed E-state index contributed by atoms with van der Waals surface area (Å²) in [5.41, 5.74) is 12.2. The van der Waals surface area contributed by atoms with Crippen molar-refractivity contribution in [3.8, 4) is 22.5 Å². The Bertz CT molecular complexity index is 2240. The quantitative estimate of drug-likeness (QED) is 0.0616. The average Bonchev–Trinajstić information content (AvgIpc) is 3.87. The summed E-state index contributed by atoms with van der Waals surface area (Å²) >= 11 is 2.35. The molecule has 4 aromatic heterocycles. The molecular weight excluding hydrogens is 875 g/mol. The van der Waals surface area contributed by atoms with Crippen molar-refractivity contribution in [2.75, 3.05) is 82.2 Å². The molecule has 0 saturated heterocycles. The van der Waals surface area contributed by atoms with Crippen LogP contribution in [0.15, 0.2) is 85.5 Å². The fraction of sp³-hybridized carbons (Fsp3) is 0.417. The van der Waals surface area contributed by atoms with Gasteiger partial charge in [0.25, 0.3) is 0 Å². The molecule has 0 radical (unpaired) electrons. The number of benzene rings is 2. The van der Waals surface area contributed by atoms with Crippen LogP contribution in [-0.2, 0) is 9.59 Å². The zero-order valence-electron chi connectivity index (χ0n) is 38.0. The summed E-state index contributed by atoms with van der Waals surface area (Å²) in [6.45, 7) is 17.3. The smallest absolute Gasteiger partial charge is 0.219 e. The predicted molar refractivity (Wildman–Crippen MR) is 264 cm³/mol. The first-order valence-corrected chi connectivity index (χ1v) is 22.5. The van der Waals surface area contributed by atoms with E-state index in [0.29, 0.717) is 19.4 Å². The maximum Gasteiger partial charge on any atom is 0.219 e. The zero-order chi connectivity index (χ0) is 44.5. The lowest BCUT2D eigenvalue weighted by atomic mass is 10.1. The average molecular weight is 943 g/mol. The predicted octanol–water partition coefficient (Wildman–Crippen LogP) is 8.61. The second kappa shape index (κ2) is 24.3. The molecule has 0 aliphatic heterocycles. The van der Waals surface area contributed by atoms with E-state index in [0.717, 1.165) is 79.4 Å². The van der Waals surface area contributed by atoms with Gasteiger partial charge in [0, 0.05) is 125 Å². The van der Waals surface area contributed by atoms with Gasteiger partial charge in [-0.1, -0.05) is 52.0 Å². The Kier molecular flexibility index (Phi) is 19.4. The number of imidazole rings is 2. The Morgan fingerprint density at radius 1 is 0.607 bits per heavy atom. The molecule has 0 atom stereocenters. The third-order valence-corrected chi connectivity index (χ3v) is 11.2.